The van der Waals surface area contributed by atoms with Gasteiger partial charge >= 0.3 is 0 Å². The Morgan fingerprint density at radius 1 is 1.46 bits per heavy atom. The van der Waals surface area contributed by atoms with E-state index in [1.54, 1.807) is 13.8 Å². The van der Waals surface area contributed by atoms with E-state index in [0.29, 0.717) is 0 Å². The van der Waals surface area contributed by atoms with Crippen molar-refractivity contribution < 1.29 is 9.50 Å². The summed E-state index contributed by atoms with van der Waals surface area (Å²) in [6.45, 7) is 3.20. The van der Waals surface area contributed by atoms with Crippen LogP contribution in [0.3, 0.4) is 0 Å². The molecule has 0 aromatic heterocycles. The highest BCUT2D eigenvalue weighted by molar-refractivity contribution is 6.32. The number of rotatable bonds is 1. The Morgan fingerprint density at radius 3 is 2.38 bits per heavy atom. The van der Waals surface area contributed by atoms with E-state index in [0.717, 1.165) is 0 Å². The van der Waals surface area contributed by atoms with Crippen molar-refractivity contribution in [2.75, 3.05) is 0 Å². The normalized spacial score (nSPS) is 11.8. The fraction of sp³-hybridized carbons (Fsp3) is 0.333. The first kappa shape index (κ1) is 10.3. The standard InChI is InChI=1S/C9H11ClFNO/c1-9(2,12)7-6(11)4-3-5(10)8(7)13/h3-4,13H,12H2,1-2H3. The van der Waals surface area contributed by atoms with E-state index in [2.05, 4.69) is 0 Å². The second kappa shape index (κ2) is 3.16. The number of halogens is 2. The minimum Gasteiger partial charge on any atom is -0.506 e. The molecule has 0 atom stereocenters. The smallest absolute Gasteiger partial charge is 0.142 e. The molecule has 0 saturated heterocycles. The second-order valence-corrected chi connectivity index (χ2v) is 3.88. The number of nitrogens with two attached hydrogens (primary N) is 1. The first-order chi connectivity index (χ1) is 5.84. The molecule has 0 heterocycles. The van der Waals surface area contributed by atoms with Crippen molar-refractivity contribution in [1.29, 1.82) is 0 Å². The van der Waals surface area contributed by atoms with Crippen LogP contribution in [0.2, 0.25) is 5.02 Å². The molecule has 0 saturated carbocycles. The van der Waals surface area contributed by atoms with Gasteiger partial charge in [-0.2, -0.15) is 0 Å². The molecule has 0 amide bonds. The number of hydrogen-bond donors (Lipinski definition) is 2. The van der Waals surface area contributed by atoms with Gasteiger partial charge in [-0.25, -0.2) is 4.39 Å². The van der Waals surface area contributed by atoms with E-state index in [-0.39, 0.29) is 16.3 Å². The lowest BCUT2D eigenvalue weighted by Crippen LogP contribution is -2.30. The van der Waals surface area contributed by atoms with Crippen LogP contribution >= 0.6 is 11.6 Å². The third-order valence-electron chi connectivity index (χ3n) is 1.72. The van der Waals surface area contributed by atoms with Crippen molar-refractivity contribution in [2.24, 2.45) is 5.73 Å². The fourth-order valence-corrected chi connectivity index (χ4v) is 1.31. The molecule has 2 nitrogen and oxygen atoms in total. The molecule has 0 radical (unpaired) electrons. The highest BCUT2D eigenvalue weighted by atomic mass is 35.5. The van der Waals surface area contributed by atoms with E-state index in [1.165, 1.54) is 12.1 Å². The minimum atomic E-state index is -0.945. The van der Waals surface area contributed by atoms with E-state index in [9.17, 15) is 9.50 Å². The van der Waals surface area contributed by atoms with Crippen LogP contribution in [-0.4, -0.2) is 5.11 Å². The van der Waals surface area contributed by atoms with Crippen LogP contribution in [0.1, 0.15) is 19.4 Å². The number of aromatic hydroxyl groups is 1. The molecule has 0 aliphatic rings. The lowest BCUT2D eigenvalue weighted by Gasteiger charge is -2.21. The number of phenolic OH excluding ortho intramolecular Hbond substituents is 1. The van der Waals surface area contributed by atoms with Crippen LogP contribution in [0.4, 0.5) is 4.39 Å². The van der Waals surface area contributed by atoms with Crippen LogP contribution < -0.4 is 5.73 Å². The van der Waals surface area contributed by atoms with Crippen LogP contribution in [0, 0.1) is 5.82 Å². The quantitative estimate of drug-likeness (QED) is 0.736. The van der Waals surface area contributed by atoms with E-state index >= 15 is 0 Å². The summed E-state index contributed by atoms with van der Waals surface area (Å²) in [5.41, 5.74) is 4.76. The summed E-state index contributed by atoms with van der Waals surface area (Å²) < 4.78 is 13.2. The SMILES string of the molecule is CC(C)(N)c1c(F)ccc(Cl)c1O. The summed E-state index contributed by atoms with van der Waals surface area (Å²) in [7, 11) is 0. The molecule has 0 bridgehead atoms. The maximum atomic E-state index is 13.2. The molecule has 72 valence electrons. The number of hydrogen-bond acceptors (Lipinski definition) is 2. The van der Waals surface area contributed by atoms with Gasteiger partial charge in [-0.1, -0.05) is 11.6 Å². The first-order valence-electron chi connectivity index (χ1n) is 3.80. The predicted octanol–water partition coefficient (Wildman–Crippen LogP) is 2.38. The lowest BCUT2D eigenvalue weighted by molar-refractivity contribution is 0.421. The molecular weight excluding hydrogens is 193 g/mol. The minimum absolute atomic E-state index is 0.0417. The molecule has 1 aromatic carbocycles. The Balaban J connectivity index is 3.43. The Hall–Kier alpha value is -0.800. The third kappa shape index (κ3) is 1.92. The summed E-state index contributed by atoms with van der Waals surface area (Å²) in [4.78, 5) is 0. The summed E-state index contributed by atoms with van der Waals surface area (Å²) in [6.07, 6.45) is 0. The van der Waals surface area contributed by atoms with Gasteiger partial charge in [-0.05, 0) is 26.0 Å². The zero-order valence-corrected chi connectivity index (χ0v) is 8.19. The van der Waals surface area contributed by atoms with Crippen molar-refractivity contribution in [3.8, 4) is 5.75 Å². The molecule has 1 rings (SSSR count). The predicted molar refractivity (Wildman–Crippen MR) is 50.3 cm³/mol. The van der Waals surface area contributed by atoms with Gasteiger partial charge in [0.05, 0.1) is 10.6 Å². The number of benzene rings is 1. The zero-order valence-electron chi connectivity index (χ0n) is 7.44. The van der Waals surface area contributed by atoms with Crippen LogP contribution in [0.25, 0.3) is 0 Å². The fourth-order valence-electron chi connectivity index (χ4n) is 1.15. The van der Waals surface area contributed by atoms with Gasteiger partial charge < -0.3 is 10.8 Å². The largest absolute Gasteiger partial charge is 0.506 e. The Kier molecular flexibility index (Phi) is 2.50. The monoisotopic (exact) mass is 203 g/mol. The van der Waals surface area contributed by atoms with Crippen LogP contribution in [-0.2, 0) is 5.54 Å². The van der Waals surface area contributed by atoms with E-state index in [4.69, 9.17) is 17.3 Å². The van der Waals surface area contributed by atoms with Gasteiger partial charge in [0.15, 0.2) is 0 Å². The molecule has 0 unspecified atom stereocenters. The summed E-state index contributed by atoms with van der Waals surface area (Å²) in [5.74, 6) is -0.830. The Labute approximate surface area is 81.1 Å². The molecule has 4 heteroatoms. The van der Waals surface area contributed by atoms with Crippen molar-refractivity contribution >= 4 is 11.6 Å². The Bertz CT molecular complexity index is 333. The molecule has 0 spiro atoms. The molecule has 0 fully saturated rings. The zero-order chi connectivity index (χ0) is 10.2. The molecule has 0 aliphatic carbocycles. The molecule has 13 heavy (non-hydrogen) atoms. The molecule has 0 aliphatic heterocycles. The van der Waals surface area contributed by atoms with Crippen LogP contribution in [0.15, 0.2) is 12.1 Å². The highest BCUT2D eigenvalue weighted by Crippen LogP contribution is 2.35. The van der Waals surface area contributed by atoms with Crippen molar-refractivity contribution in [1.82, 2.24) is 0 Å². The lowest BCUT2D eigenvalue weighted by atomic mass is 9.94. The van der Waals surface area contributed by atoms with Crippen molar-refractivity contribution in [3.63, 3.8) is 0 Å². The maximum Gasteiger partial charge on any atom is 0.142 e. The van der Waals surface area contributed by atoms with E-state index in [1.807, 2.05) is 0 Å². The molecule has 1 aromatic rings. The van der Waals surface area contributed by atoms with Gasteiger partial charge in [-0.15, -0.1) is 0 Å². The summed E-state index contributed by atoms with van der Waals surface area (Å²) in [6, 6.07) is 2.48. The van der Waals surface area contributed by atoms with Gasteiger partial charge in [-0.3, -0.25) is 0 Å². The average molecular weight is 204 g/mol. The number of phenols is 1. The van der Waals surface area contributed by atoms with Gasteiger partial charge in [0, 0.05) is 5.54 Å². The molecule has 3 N–H and O–H groups in total. The summed E-state index contributed by atoms with van der Waals surface area (Å²) >= 11 is 5.62. The van der Waals surface area contributed by atoms with Gasteiger partial charge in [0.1, 0.15) is 11.6 Å². The highest BCUT2D eigenvalue weighted by Gasteiger charge is 2.24. The summed E-state index contributed by atoms with van der Waals surface area (Å²) in [5, 5.41) is 9.57. The van der Waals surface area contributed by atoms with Gasteiger partial charge in [0.2, 0.25) is 0 Å². The molecular formula is C9H11ClFNO. The van der Waals surface area contributed by atoms with E-state index < -0.39 is 11.4 Å². The topological polar surface area (TPSA) is 46.2 Å². The third-order valence-corrected chi connectivity index (χ3v) is 2.03. The van der Waals surface area contributed by atoms with Crippen molar-refractivity contribution in [3.05, 3.63) is 28.5 Å². The first-order valence-corrected chi connectivity index (χ1v) is 4.18. The maximum absolute atomic E-state index is 13.2. The average Bonchev–Trinajstić information content (AvgIpc) is 1.95. The van der Waals surface area contributed by atoms with Crippen molar-refractivity contribution in [2.45, 2.75) is 19.4 Å². The van der Waals surface area contributed by atoms with Crippen LogP contribution in [0.5, 0.6) is 5.75 Å². The van der Waals surface area contributed by atoms with Gasteiger partial charge in [0.25, 0.3) is 0 Å². The Morgan fingerprint density at radius 2 is 2.00 bits per heavy atom. The second-order valence-electron chi connectivity index (χ2n) is 3.47.